The first kappa shape index (κ1) is 25.1. The zero-order valence-corrected chi connectivity index (χ0v) is 21.8. The van der Waals surface area contributed by atoms with Crippen LogP contribution in [0.2, 0.25) is 5.02 Å². The van der Waals surface area contributed by atoms with Gasteiger partial charge in [0, 0.05) is 42.5 Å². The molecule has 0 spiro atoms. The van der Waals surface area contributed by atoms with Crippen molar-refractivity contribution in [3.05, 3.63) is 94.0 Å². The largest absolute Gasteiger partial charge is 0.368 e. The SMILES string of the molecule is Cc1ccc(N(Cc2ccc(C(=O)N3CCN(c4cccc(Cl)c4)CC3)cc2)S(C)(=O)=O)cc1C. The van der Waals surface area contributed by atoms with Crippen LogP contribution in [-0.2, 0) is 16.6 Å². The van der Waals surface area contributed by atoms with Gasteiger partial charge in [0.05, 0.1) is 18.5 Å². The van der Waals surface area contributed by atoms with Gasteiger partial charge in [0.1, 0.15) is 0 Å². The van der Waals surface area contributed by atoms with E-state index in [0.717, 1.165) is 35.5 Å². The van der Waals surface area contributed by atoms with Crippen LogP contribution in [0.5, 0.6) is 0 Å². The topological polar surface area (TPSA) is 60.9 Å². The molecule has 6 nitrogen and oxygen atoms in total. The molecular weight excluding hydrogens is 482 g/mol. The summed E-state index contributed by atoms with van der Waals surface area (Å²) in [5.74, 6) is -0.0172. The van der Waals surface area contributed by atoms with E-state index in [9.17, 15) is 13.2 Å². The Morgan fingerprint density at radius 1 is 0.914 bits per heavy atom. The number of sulfonamides is 1. The van der Waals surface area contributed by atoms with E-state index >= 15 is 0 Å². The van der Waals surface area contributed by atoms with Crippen molar-refractivity contribution >= 4 is 38.9 Å². The number of carbonyl (C=O) groups is 1. The minimum absolute atomic E-state index is 0.0172. The van der Waals surface area contributed by atoms with E-state index in [4.69, 9.17) is 11.6 Å². The molecule has 0 aliphatic carbocycles. The molecule has 1 aliphatic rings. The molecule has 1 heterocycles. The number of rotatable bonds is 6. The zero-order chi connectivity index (χ0) is 25.2. The molecule has 3 aromatic rings. The van der Waals surface area contributed by atoms with Gasteiger partial charge in [0.2, 0.25) is 10.0 Å². The van der Waals surface area contributed by atoms with Crippen LogP contribution in [0.3, 0.4) is 0 Å². The molecular formula is C27H30ClN3O3S. The van der Waals surface area contributed by atoms with Crippen molar-refractivity contribution in [1.29, 1.82) is 0 Å². The molecule has 4 rings (SSSR count). The normalized spacial score (nSPS) is 14.2. The Kier molecular flexibility index (Phi) is 7.38. The van der Waals surface area contributed by atoms with Crippen LogP contribution in [0.15, 0.2) is 66.7 Å². The number of hydrogen-bond acceptors (Lipinski definition) is 4. The molecule has 0 bridgehead atoms. The van der Waals surface area contributed by atoms with E-state index in [1.807, 2.05) is 73.3 Å². The third-order valence-electron chi connectivity index (χ3n) is 6.45. The fourth-order valence-corrected chi connectivity index (χ4v) is 5.29. The molecule has 1 saturated heterocycles. The number of nitrogens with zero attached hydrogens (tertiary/aromatic N) is 3. The third-order valence-corrected chi connectivity index (χ3v) is 7.82. The minimum atomic E-state index is -3.48. The third kappa shape index (κ3) is 5.97. The minimum Gasteiger partial charge on any atom is -0.368 e. The molecule has 0 saturated carbocycles. The average molecular weight is 512 g/mol. The van der Waals surface area contributed by atoms with Crippen molar-refractivity contribution in [3.63, 3.8) is 0 Å². The molecule has 0 atom stereocenters. The van der Waals surface area contributed by atoms with Crippen molar-refractivity contribution in [2.45, 2.75) is 20.4 Å². The molecule has 3 aromatic carbocycles. The molecule has 8 heteroatoms. The van der Waals surface area contributed by atoms with Gasteiger partial charge < -0.3 is 9.80 Å². The number of anilines is 2. The lowest BCUT2D eigenvalue weighted by Gasteiger charge is -2.36. The summed E-state index contributed by atoms with van der Waals surface area (Å²) >= 11 is 6.11. The van der Waals surface area contributed by atoms with Crippen LogP contribution < -0.4 is 9.21 Å². The maximum atomic E-state index is 13.1. The van der Waals surface area contributed by atoms with Crippen molar-refractivity contribution < 1.29 is 13.2 Å². The Labute approximate surface area is 212 Å². The number of aryl methyl sites for hydroxylation is 2. The molecule has 0 unspecified atom stereocenters. The molecule has 1 aliphatic heterocycles. The van der Waals surface area contributed by atoms with Crippen LogP contribution in [0.1, 0.15) is 27.0 Å². The van der Waals surface area contributed by atoms with Gasteiger partial charge in [-0.3, -0.25) is 9.10 Å². The van der Waals surface area contributed by atoms with Gasteiger partial charge in [-0.05, 0) is 73.0 Å². The second-order valence-corrected chi connectivity index (χ2v) is 11.3. The van der Waals surface area contributed by atoms with Gasteiger partial charge in [-0.15, -0.1) is 0 Å². The van der Waals surface area contributed by atoms with E-state index in [2.05, 4.69) is 4.90 Å². The Morgan fingerprint density at radius 3 is 2.20 bits per heavy atom. The van der Waals surface area contributed by atoms with E-state index in [1.54, 1.807) is 12.1 Å². The van der Waals surface area contributed by atoms with Crippen molar-refractivity contribution in [2.75, 3.05) is 41.6 Å². The smallest absolute Gasteiger partial charge is 0.253 e. The summed E-state index contributed by atoms with van der Waals surface area (Å²) in [4.78, 5) is 17.1. The molecule has 1 amide bonds. The van der Waals surface area contributed by atoms with Crippen molar-refractivity contribution in [2.24, 2.45) is 0 Å². The number of benzene rings is 3. The lowest BCUT2D eigenvalue weighted by molar-refractivity contribution is 0.0746. The van der Waals surface area contributed by atoms with Gasteiger partial charge in [0.25, 0.3) is 5.91 Å². The number of carbonyl (C=O) groups excluding carboxylic acids is 1. The maximum Gasteiger partial charge on any atom is 0.253 e. The van der Waals surface area contributed by atoms with E-state index < -0.39 is 10.0 Å². The van der Waals surface area contributed by atoms with Crippen molar-refractivity contribution in [1.82, 2.24) is 4.90 Å². The summed E-state index contributed by atoms with van der Waals surface area (Å²) in [5, 5.41) is 0.702. The van der Waals surface area contributed by atoms with Gasteiger partial charge >= 0.3 is 0 Å². The average Bonchev–Trinajstić information content (AvgIpc) is 2.84. The first-order chi connectivity index (χ1) is 16.6. The summed E-state index contributed by atoms with van der Waals surface area (Å²) in [6.45, 7) is 6.90. The highest BCUT2D eigenvalue weighted by Crippen LogP contribution is 2.24. The fraction of sp³-hybridized carbons (Fsp3) is 0.296. The highest BCUT2D eigenvalue weighted by atomic mass is 35.5. The lowest BCUT2D eigenvalue weighted by atomic mass is 10.1. The quantitative estimate of drug-likeness (QED) is 0.473. The Morgan fingerprint density at radius 2 is 1.60 bits per heavy atom. The Bertz CT molecular complexity index is 1320. The second-order valence-electron chi connectivity index (χ2n) is 8.99. The van der Waals surface area contributed by atoms with Crippen LogP contribution >= 0.6 is 11.6 Å². The van der Waals surface area contributed by atoms with Gasteiger partial charge in [-0.2, -0.15) is 0 Å². The van der Waals surface area contributed by atoms with Crippen LogP contribution in [0, 0.1) is 13.8 Å². The maximum absolute atomic E-state index is 13.1. The van der Waals surface area contributed by atoms with E-state index in [1.165, 1.54) is 10.6 Å². The number of piperazine rings is 1. The summed E-state index contributed by atoms with van der Waals surface area (Å²) in [7, 11) is -3.48. The first-order valence-electron chi connectivity index (χ1n) is 11.6. The monoisotopic (exact) mass is 511 g/mol. The molecule has 184 valence electrons. The highest BCUT2D eigenvalue weighted by molar-refractivity contribution is 7.92. The molecule has 35 heavy (non-hydrogen) atoms. The van der Waals surface area contributed by atoms with Gasteiger partial charge in [-0.25, -0.2) is 8.42 Å². The zero-order valence-electron chi connectivity index (χ0n) is 20.2. The van der Waals surface area contributed by atoms with E-state index in [0.29, 0.717) is 29.4 Å². The van der Waals surface area contributed by atoms with Gasteiger partial charge in [-0.1, -0.05) is 35.9 Å². The number of hydrogen-bond donors (Lipinski definition) is 0. The standard InChI is InChI=1S/C27H30ClN3O3S/c1-20-7-12-26(17-21(20)2)31(35(3,33)34)19-22-8-10-23(11-9-22)27(32)30-15-13-29(14-16-30)25-6-4-5-24(28)18-25/h4-12,17-18H,13-16,19H2,1-3H3. The summed E-state index contributed by atoms with van der Waals surface area (Å²) in [5.41, 5.74) is 5.26. The van der Waals surface area contributed by atoms with Crippen LogP contribution in [0.25, 0.3) is 0 Å². The van der Waals surface area contributed by atoms with E-state index in [-0.39, 0.29) is 12.5 Å². The number of amides is 1. The summed E-state index contributed by atoms with van der Waals surface area (Å²) < 4.78 is 26.4. The molecule has 0 radical (unpaired) electrons. The fourth-order valence-electron chi connectivity index (χ4n) is 4.22. The van der Waals surface area contributed by atoms with Gasteiger partial charge in [0.15, 0.2) is 0 Å². The Balaban J connectivity index is 1.42. The molecule has 0 N–H and O–H groups in total. The predicted octanol–water partition coefficient (Wildman–Crippen LogP) is 4.89. The predicted molar refractivity (Wildman–Crippen MR) is 143 cm³/mol. The summed E-state index contributed by atoms with van der Waals surface area (Å²) in [6, 6.07) is 20.6. The van der Waals surface area contributed by atoms with Crippen LogP contribution in [-0.4, -0.2) is 51.7 Å². The van der Waals surface area contributed by atoms with Crippen LogP contribution in [0.4, 0.5) is 11.4 Å². The lowest BCUT2D eigenvalue weighted by Crippen LogP contribution is -2.48. The Hall–Kier alpha value is -3.03. The molecule has 0 aromatic heterocycles. The number of halogens is 1. The summed E-state index contributed by atoms with van der Waals surface area (Å²) in [6.07, 6.45) is 1.21. The second kappa shape index (κ2) is 10.3. The van der Waals surface area contributed by atoms with Crippen molar-refractivity contribution in [3.8, 4) is 0 Å². The molecule has 1 fully saturated rings. The first-order valence-corrected chi connectivity index (χ1v) is 13.8. The highest BCUT2D eigenvalue weighted by Gasteiger charge is 2.23.